The van der Waals surface area contributed by atoms with Crippen LogP contribution in [0.25, 0.3) is 0 Å². The lowest BCUT2D eigenvalue weighted by Gasteiger charge is -2.32. The lowest BCUT2D eigenvalue weighted by atomic mass is 9.96. The van der Waals surface area contributed by atoms with Gasteiger partial charge in [0.05, 0.1) is 0 Å². The Labute approximate surface area is 92.3 Å². The molecule has 1 aliphatic rings. The summed E-state index contributed by atoms with van der Waals surface area (Å²) >= 11 is 0. The van der Waals surface area contributed by atoms with Crippen LogP contribution >= 0.6 is 0 Å². The van der Waals surface area contributed by atoms with E-state index in [0.29, 0.717) is 6.42 Å². The fraction of sp³-hybridized carbons (Fsp3) is 0.818. The Kier molecular flexibility index (Phi) is 3.23. The van der Waals surface area contributed by atoms with Gasteiger partial charge >= 0.3 is 0 Å². The molecule has 2 N–H and O–H groups in total. The predicted octanol–water partition coefficient (Wildman–Crippen LogP) is 0.672. The van der Waals surface area contributed by atoms with E-state index in [2.05, 4.69) is 5.32 Å². The monoisotopic (exact) mass is 213 g/mol. The van der Waals surface area contributed by atoms with Crippen LogP contribution in [0.5, 0.6) is 0 Å². The minimum Gasteiger partial charge on any atom is -0.343 e. The number of rotatable bonds is 3. The van der Waals surface area contributed by atoms with Gasteiger partial charge in [0.1, 0.15) is 12.1 Å². The zero-order valence-corrected chi connectivity index (χ0v) is 9.78. The Bertz CT molecular complexity index is 292. The van der Waals surface area contributed by atoms with E-state index in [9.17, 15) is 9.59 Å². The first-order valence-corrected chi connectivity index (χ1v) is 5.47. The maximum atomic E-state index is 11.8. The van der Waals surface area contributed by atoms with Gasteiger partial charge < -0.3 is 10.6 Å². The molecule has 4 nitrogen and oxygen atoms in total. The van der Waals surface area contributed by atoms with Gasteiger partial charge in [-0.3, -0.25) is 9.59 Å². The molecule has 15 heavy (non-hydrogen) atoms. The van der Waals surface area contributed by atoms with Gasteiger partial charge in [-0.15, -0.1) is 0 Å². The van der Waals surface area contributed by atoms with E-state index in [0.717, 1.165) is 5.31 Å². The van der Waals surface area contributed by atoms with Crippen LogP contribution < -0.4 is 10.6 Å². The SMILES string of the molecule is [2H]N1C(=O)[C@H](C(C)C)NC(=O)[C@H]1CC(C)C. The summed E-state index contributed by atoms with van der Waals surface area (Å²) in [6, 6.07) is -1.18. The second kappa shape index (κ2) is 4.64. The Morgan fingerprint density at radius 1 is 1.27 bits per heavy atom. The largest absolute Gasteiger partial charge is 0.343 e. The normalized spacial score (nSPS) is 28.4. The standard InChI is InChI=1S/C11H20N2O2/c1-6(2)5-8-10(14)13-9(7(3)4)11(15)12-8/h6-9H,5H2,1-4H3,(H,12,15)(H,13,14)/t8-,9+/m1/s1/i/hD. The van der Waals surface area contributed by atoms with Crippen molar-refractivity contribution in [2.75, 3.05) is 0 Å². The Morgan fingerprint density at radius 2 is 1.87 bits per heavy atom. The van der Waals surface area contributed by atoms with Crippen molar-refractivity contribution in [3.8, 4) is 0 Å². The third kappa shape index (κ3) is 2.94. The van der Waals surface area contributed by atoms with Crippen molar-refractivity contribution in [1.82, 2.24) is 10.6 Å². The number of amides is 2. The maximum absolute atomic E-state index is 11.8. The molecule has 1 fully saturated rings. The molecule has 0 radical (unpaired) electrons. The zero-order chi connectivity index (χ0) is 12.5. The molecule has 2 amide bonds. The van der Waals surface area contributed by atoms with Gasteiger partial charge in [-0.25, -0.2) is 0 Å². The number of hydrogen-bond donors (Lipinski definition) is 2. The van der Waals surface area contributed by atoms with Crippen molar-refractivity contribution >= 4 is 11.8 Å². The van der Waals surface area contributed by atoms with E-state index in [1.165, 1.54) is 0 Å². The van der Waals surface area contributed by atoms with Gasteiger partial charge in [0.15, 0.2) is 1.41 Å². The molecule has 1 heterocycles. The van der Waals surface area contributed by atoms with Gasteiger partial charge in [0, 0.05) is 0 Å². The Hall–Kier alpha value is -1.06. The summed E-state index contributed by atoms with van der Waals surface area (Å²) in [6.45, 7) is 7.67. The summed E-state index contributed by atoms with van der Waals surface area (Å²) in [7, 11) is 0. The average Bonchev–Trinajstić information content (AvgIpc) is 2.17. The third-order valence-electron chi connectivity index (χ3n) is 2.51. The molecule has 0 aliphatic carbocycles. The topological polar surface area (TPSA) is 58.2 Å². The molecule has 0 aromatic carbocycles. The van der Waals surface area contributed by atoms with Crippen LogP contribution in [0.4, 0.5) is 0 Å². The quantitative estimate of drug-likeness (QED) is 0.724. The first kappa shape index (κ1) is 10.5. The third-order valence-corrected chi connectivity index (χ3v) is 2.51. The van der Waals surface area contributed by atoms with Gasteiger partial charge in [0.25, 0.3) is 0 Å². The van der Waals surface area contributed by atoms with Gasteiger partial charge in [-0.2, -0.15) is 0 Å². The van der Waals surface area contributed by atoms with Gasteiger partial charge in [-0.1, -0.05) is 27.7 Å². The minimum absolute atomic E-state index is 0.0179. The fourth-order valence-corrected chi connectivity index (χ4v) is 1.66. The molecule has 0 bridgehead atoms. The number of piperazine rings is 1. The minimum atomic E-state index is -0.637. The molecule has 86 valence electrons. The molecule has 1 rings (SSSR count). The van der Waals surface area contributed by atoms with E-state index < -0.39 is 12.1 Å². The van der Waals surface area contributed by atoms with Crippen molar-refractivity contribution < 1.29 is 11.0 Å². The van der Waals surface area contributed by atoms with Gasteiger partial charge in [-0.05, 0) is 18.3 Å². The lowest BCUT2D eigenvalue weighted by molar-refractivity contribution is -0.138. The van der Waals surface area contributed by atoms with Crippen LogP contribution in [0.1, 0.15) is 34.1 Å². The van der Waals surface area contributed by atoms with Crippen molar-refractivity contribution in [2.24, 2.45) is 11.8 Å². The van der Waals surface area contributed by atoms with Crippen LogP contribution in [-0.4, -0.2) is 23.9 Å². The molecule has 1 aliphatic heterocycles. The second-order valence-electron chi connectivity index (χ2n) is 4.84. The summed E-state index contributed by atoms with van der Waals surface area (Å²) in [5.74, 6) is -0.210. The summed E-state index contributed by atoms with van der Waals surface area (Å²) in [5, 5.41) is 3.55. The molecule has 2 atom stereocenters. The smallest absolute Gasteiger partial charge is 0.243 e. The number of carbonyl (C=O) groups is 2. The number of carbonyl (C=O) groups excluding carboxylic acids is 2. The van der Waals surface area contributed by atoms with Crippen molar-refractivity contribution in [1.29, 1.82) is 0 Å². The number of hydrogen-bond acceptors (Lipinski definition) is 2. The molecular formula is C11H20N2O2. The van der Waals surface area contributed by atoms with E-state index in [1.54, 1.807) is 0 Å². The molecule has 4 heteroatoms. The van der Waals surface area contributed by atoms with Crippen LogP contribution in [0.3, 0.4) is 0 Å². The van der Waals surface area contributed by atoms with Crippen LogP contribution in [-0.2, 0) is 9.59 Å². The van der Waals surface area contributed by atoms with E-state index in [1.807, 2.05) is 27.7 Å². The van der Waals surface area contributed by atoms with Crippen molar-refractivity contribution in [2.45, 2.75) is 46.2 Å². The zero-order valence-electron chi connectivity index (χ0n) is 10.8. The van der Waals surface area contributed by atoms with Crippen LogP contribution in [0.15, 0.2) is 0 Å². The van der Waals surface area contributed by atoms with E-state index in [4.69, 9.17) is 1.41 Å². The predicted molar refractivity (Wildman–Crippen MR) is 58.2 cm³/mol. The van der Waals surface area contributed by atoms with Crippen LogP contribution in [0, 0.1) is 11.8 Å². The highest BCUT2D eigenvalue weighted by molar-refractivity contribution is 5.97. The summed E-state index contributed by atoms with van der Waals surface area (Å²) < 4.78 is 7.71. The molecule has 1 saturated heterocycles. The van der Waals surface area contributed by atoms with Crippen molar-refractivity contribution in [3.63, 3.8) is 0 Å². The highest BCUT2D eigenvalue weighted by atomic mass is 16.2. The summed E-state index contributed by atoms with van der Waals surface area (Å²) in [4.78, 5) is 23.6. The molecule has 0 saturated carbocycles. The Balaban J connectivity index is 2.80. The second-order valence-corrected chi connectivity index (χ2v) is 4.84. The summed E-state index contributed by atoms with van der Waals surface area (Å²) in [5.41, 5.74) is 0. The molecule has 0 aromatic heterocycles. The molecule has 0 spiro atoms. The van der Waals surface area contributed by atoms with E-state index >= 15 is 0 Å². The van der Waals surface area contributed by atoms with Gasteiger partial charge in [0.2, 0.25) is 11.8 Å². The highest BCUT2D eigenvalue weighted by Gasteiger charge is 2.35. The average molecular weight is 213 g/mol. The molecule has 0 unspecified atom stereocenters. The maximum Gasteiger partial charge on any atom is 0.243 e. The first-order chi connectivity index (χ1) is 7.34. The van der Waals surface area contributed by atoms with Crippen molar-refractivity contribution in [3.05, 3.63) is 0 Å². The first-order valence-electron chi connectivity index (χ1n) is 5.91. The Morgan fingerprint density at radius 3 is 2.33 bits per heavy atom. The van der Waals surface area contributed by atoms with Crippen LogP contribution in [0.2, 0.25) is 1.41 Å². The molecule has 0 aromatic rings. The number of nitrogens with one attached hydrogen (secondary N) is 2. The lowest BCUT2D eigenvalue weighted by Crippen LogP contribution is -2.63. The highest BCUT2D eigenvalue weighted by Crippen LogP contribution is 2.12. The summed E-state index contributed by atoms with van der Waals surface area (Å²) in [6.07, 6.45) is 0.534. The van der Waals surface area contributed by atoms with E-state index in [-0.39, 0.29) is 23.7 Å². The molecular weight excluding hydrogens is 192 g/mol. The fourth-order valence-electron chi connectivity index (χ4n) is 1.66.